The summed E-state index contributed by atoms with van der Waals surface area (Å²) in [6, 6.07) is 0. The molecule has 0 aliphatic heterocycles. The minimum absolute atomic E-state index is 0.0656. The molecular formula is C25H53N2O2+. The highest BCUT2D eigenvalue weighted by atomic mass is 16.5. The zero-order valence-electron chi connectivity index (χ0n) is 20.5. The standard InChI is InChI=1S/C25H52N2O2/c1-6-8-9-10-11-12-13-14-15-16-17-18-19-20-21-22-24(28)26-25(3,23-7-2)27(4,5)29/h29H,6-23H2,1-5H3/p+1. The number of unbranched alkanes of at least 4 members (excludes halogenated alkanes) is 14. The molecular weight excluding hydrogens is 360 g/mol. The Morgan fingerprint density at radius 1 is 0.724 bits per heavy atom. The lowest BCUT2D eigenvalue weighted by Gasteiger charge is -2.40. The number of carbonyl (C=O) groups is 1. The van der Waals surface area contributed by atoms with Gasteiger partial charge in [0, 0.05) is 19.8 Å². The molecule has 0 aliphatic carbocycles. The van der Waals surface area contributed by atoms with E-state index in [0.717, 1.165) is 25.7 Å². The summed E-state index contributed by atoms with van der Waals surface area (Å²) in [5.74, 6) is 0.0656. The summed E-state index contributed by atoms with van der Waals surface area (Å²) in [6.45, 7) is 6.29. The van der Waals surface area contributed by atoms with Gasteiger partial charge in [-0.1, -0.05) is 104 Å². The van der Waals surface area contributed by atoms with Gasteiger partial charge in [-0.3, -0.25) is 4.79 Å². The first-order valence-electron chi connectivity index (χ1n) is 12.6. The van der Waals surface area contributed by atoms with Gasteiger partial charge >= 0.3 is 0 Å². The van der Waals surface area contributed by atoms with Gasteiger partial charge in [0.15, 0.2) is 0 Å². The number of amides is 1. The lowest BCUT2D eigenvalue weighted by atomic mass is 10.0. The summed E-state index contributed by atoms with van der Waals surface area (Å²) in [4.78, 5) is 12.3. The van der Waals surface area contributed by atoms with Crippen molar-refractivity contribution >= 4 is 5.91 Å². The summed E-state index contributed by atoms with van der Waals surface area (Å²) in [7, 11) is 3.45. The maximum atomic E-state index is 12.3. The second kappa shape index (κ2) is 17.1. The Labute approximate surface area is 182 Å². The summed E-state index contributed by atoms with van der Waals surface area (Å²) in [5, 5.41) is 13.4. The van der Waals surface area contributed by atoms with Crippen LogP contribution in [-0.4, -0.2) is 35.5 Å². The van der Waals surface area contributed by atoms with Gasteiger partial charge in [-0.15, -0.1) is 0 Å². The highest BCUT2D eigenvalue weighted by Gasteiger charge is 2.41. The van der Waals surface area contributed by atoms with Crippen molar-refractivity contribution in [1.29, 1.82) is 0 Å². The highest BCUT2D eigenvalue weighted by molar-refractivity contribution is 5.76. The van der Waals surface area contributed by atoms with Gasteiger partial charge in [-0.05, 0) is 12.8 Å². The lowest BCUT2D eigenvalue weighted by Crippen LogP contribution is -2.65. The van der Waals surface area contributed by atoms with Crippen LogP contribution in [-0.2, 0) is 4.79 Å². The summed E-state index contributed by atoms with van der Waals surface area (Å²) >= 11 is 0. The molecule has 0 saturated heterocycles. The molecule has 0 radical (unpaired) electrons. The van der Waals surface area contributed by atoms with Crippen molar-refractivity contribution < 1.29 is 14.6 Å². The number of nitrogens with zero attached hydrogens (tertiary/aromatic N) is 1. The van der Waals surface area contributed by atoms with Crippen LogP contribution in [0.5, 0.6) is 0 Å². The second-order valence-electron chi connectivity index (χ2n) is 9.67. The first kappa shape index (κ1) is 28.4. The molecule has 0 aromatic heterocycles. The highest BCUT2D eigenvalue weighted by Crippen LogP contribution is 2.21. The molecule has 0 bridgehead atoms. The van der Waals surface area contributed by atoms with Crippen LogP contribution in [0, 0.1) is 0 Å². The molecule has 0 rings (SSSR count). The van der Waals surface area contributed by atoms with E-state index in [-0.39, 0.29) is 10.6 Å². The van der Waals surface area contributed by atoms with Crippen LogP contribution in [0.15, 0.2) is 0 Å². The normalized spacial score (nSPS) is 14.0. The van der Waals surface area contributed by atoms with E-state index in [0.29, 0.717) is 6.42 Å². The third kappa shape index (κ3) is 14.9. The quantitative estimate of drug-likeness (QED) is 0.0948. The summed E-state index contributed by atoms with van der Waals surface area (Å²) < 4.78 is -0.231. The molecule has 4 nitrogen and oxygen atoms in total. The van der Waals surface area contributed by atoms with Crippen LogP contribution in [0.3, 0.4) is 0 Å². The SMILES string of the molecule is CCCCCCCCCCCCCCCCCC(=O)NC(C)(CCC)[N+](C)(C)O. The Morgan fingerprint density at radius 2 is 1.10 bits per heavy atom. The van der Waals surface area contributed by atoms with Crippen molar-refractivity contribution in [3.05, 3.63) is 0 Å². The van der Waals surface area contributed by atoms with Crippen molar-refractivity contribution in [1.82, 2.24) is 5.32 Å². The van der Waals surface area contributed by atoms with Gasteiger partial charge in [0.1, 0.15) is 14.1 Å². The van der Waals surface area contributed by atoms with E-state index in [1.54, 1.807) is 14.1 Å². The van der Waals surface area contributed by atoms with Gasteiger partial charge in [-0.25, -0.2) is 5.21 Å². The van der Waals surface area contributed by atoms with E-state index in [1.165, 1.54) is 83.5 Å². The van der Waals surface area contributed by atoms with Crippen molar-refractivity contribution in [2.75, 3.05) is 14.1 Å². The number of hydrogen-bond acceptors (Lipinski definition) is 2. The largest absolute Gasteiger partial charge is 0.302 e. The van der Waals surface area contributed by atoms with Gasteiger partial charge in [-0.2, -0.15) is 4.65 Å². The molecule has 174 valence electrons. The Kier molecular flexibility index (Phi) is 16.7. The van der Waals surface area contributed by atoms with Gasteiger partial charge in [0.05, 0.1) is 0 Å². The van der Waals surface area contributed by atoms with Crippen LogP contribution in [0.2, 0.25) is 0 Å². The Morgan fingerprint density at radius 3 is 1.45 bits per heavy atom. The maximum Gasteiger partial charge on any atom is 0.224 e. The fraction of sp³-hybridized carbons (Fsp3) is 0.960. The number of rotatable bonds is 20. The first-order chi connectivity index (χ1) is 13.8. The zero-order chi connectivity index (χ0) is 22.0. The number of hydroxylamine groups is 3. The van der Waals surface area contributed by atoms with Crippen LogP contribution in [0.1, 0.15) is 136 Å². The zero-order valence-corrected chi connectivity index (χ0v) is 20.5. The molecule has 0 saturated carbocycles. The van der Waals surface area contributed by atoms with Gasteiger partial charge in [0.25, 0.3) is 0 Å². The number of quaternary nitrogens is 1. The smallest absolute Gasteiger partial charge is 0.224 e. The van der Waals surface area contributed by atoms with E-state index >= 15 is 0 Å². The molecule has 2 N–H and O–H groups in total. The Balaban J connectivity index is 3.55. The molecule has 0 heterocycles. The summed E-state index contributed by atoms with van der Waals surface area (Å²) in [5.41, 5.74) is -0.610. The molecule has 1 atom stereocenters. The third-order valence-corrected chi connectivity index (χ3v) is 6.36. The molecule has 0 aromatic carbocycles. The molecule has 0 aliphatic rings. The Hall–Kier alpha value is -0.610. The molecule has 4 heteroatoms. The lowest BCUT2D eigenvalue weighted by molar-refractivity contribution is -1.11. The molecule has 1 unspecified atom stereocenters. The minimum atomic E-state index is -0.610. The van der Waals surface area contributed by atoms with E-state index in [9.17, 15) is 10.0 Å². The predicted molar refractivity (Wildman–Crippen MR) is 125 cm³/mol. The fourth-order valence-corrected chi connectivity index (χ4v) is 3.98. The van der Waals surface area contributed by atoms with Crippen LogP contribution < -0.4 is 5.32 Å². The maximum absolute atomic E-state index is 12.3. The fourth-order valence-electron chi connectivity index (χ4n) is 3.98. The Bertz CT molecular complexity index is 393. The van der Waals surface area contributed by atoms with Crippen LogP contribution >= 0.6 is 0 Å². The predicted octanol–water partition coefficient (Wildman–Crippen LogP) is 7.35. The molecule has 0 spiro atoms. The first-order valence-corrected chi connectivity index (χ1v) is 12.6. The monoisotopic (exact) mass is 413 g/mol. The van der Waals surface area contributed by atoms with E-state index < -0.39 is 5.66 Å². The molecule has 29 heavy (non-hydrogen) atoms. The van der Waals surface area contributed by atoms with Crippen molar-refractivity contribution in [2.45, 2.75) is 142 Å². The topological polar surface area (TPSA) is 49.3 Å². The van der Waals surface area contributed by atoms with E-state index in [1.807, 2.05) is 6.92 Å². The van der Waals surface area contributed by atoms with Crippen molar-refractivity contribution in [2.24, 2.45) is 0 Å². The summed E-state index contributed by atoms with van der Waals surface area (Å²) in [6.07, 6.45) is 22.3. The molecule has 1 amide bonds. The third-order valence-electron chi connectivity index (χ3n) is 6.36. The van der Waals surface area contributed by atoms with Crippen molar-refractivity contribution in [3.8, 4) is 0 Å². The molecule has 0 aromatic rings. The number of carbonyl (C=O) groups excluding carboxylic acids is 1. The molecule has 0 fully saturated rings. The van der Waals surface area contributed by atoms with Crippen molar-refractivity contribution in [3.63, 3.8) is 0 Å². The average Bonchev–Trinajstić information content (AvgIpc) is 2.64. The number of nitrogens with one attached hydrogen (secondary N) is 1. The second-order valence-corrected chi connectivity index (χ2v) is 9.67. The minimum Gasteiger partial charge on any atom is -0.302 e. The van der Waals surface area contributed by atoms with Gasteiger partial charge < -0.3 is 5.32 Å². The number of hydrogen-bond donors (Lipinski definition) is 2. The van der Waals surface area contributed by atoms with E-state index in [2.05, 4.69) is 19.2 Å². The van der Waals surface area contributed by atoms with Crippen LogP contribution in [0.4, 0.5) is 0 Å². The average molecular weight is 414 g/mol. The van der Waals surface area contributed by atoms with E-state index in [4.69, 9.17) is 0 Å². The van der Waals surface area contributed by atoms with Gasteiger partial charge in [0.2, 0.25) is 11.6 Å². The van der Waals surface area contributed by atoms with Crippen LogP contribution in [0.25, 0.3) is 0 Å².